The van der Waals surface area contributed by atoms with E-state index in [9.17, 15) is 9.00 Å². The van der Waals surface area contributed by atoms with E-state index in [4.69, 9.17) is 9.47 Å². The zero-order chi connectivity index (χ0) is 20.9. The van der Waals surface area contributed by atoms with E-state index < -0.39 is 16.8 Å². The van der Waals surface area contributed by atoms with Crippen LogP contribution in [0.25, 0.3) is 10.1 Å². The largest absolute Gasteiger partial charge is 0.487 e. The van der Waals surface area contributed by atoms with E-state index >= 15 is 0 Å². The van der Waals surface area contributed by atoms with Crippen LogP contribution in [0.3, 0.4) is 0 Å². The molecule has 0 amide bonds. The highest BCUT2D eigenvalue weighted by Gasteiger charge is 2.25. The zero-order valence-corrected chi connectivity index (χ0v) is 17.9. The Hall–Kier alpha value is -3.03. The molecule has 2 heterocycles. The Labute approximate surface area is 180 Å². The second-order valence-electron chi connectivity index (χ2n) is 6.33. The van der Waals surface area contributed by atoms with Gasteiger partial charge in [-0.2, -0.15) is 0 Å². The first-order chi connectivity index (χ1) is 14.7. The summed E-state index contributed by atoms with van der Waals surface area (Å²) >= 11 is 1.27. The number of carbonyl (C=O) groups is 1. The maximum atomic E-state index is 13.3. The van der Waals surface area contributed by atoms with Crippen molar-refractivity contribution in [3.05, 3.63) is 83.5 Å². The molecule has 4 rings (SSSR count). The predicted octanol–water partition coefficient (Wildman–Crippen LogP) is 5.22. The van der Waals surface area contributed by atoms with Crippen LogP contribution in [0, 0.1) is 0 Å². The van der Waals surface area contributed by atoms with Crippen molar-refractivity contribution in [2.45, 2.75) is 23.3 Å². The topological polar surface area (TPSA) is 65.5 Å². The lowest BCUT2D eigenvalue weighted by Crippen LogP contribution is -2.06. The van der Waals surface area contributed by atoms with Crippen LogP contribution in [-0.4, -0.2) is 21.8 Å². The SMILES string of the molecule is CCOC(=O)c1sc2cc(OCc3ccccn3)ccc2c1S(=O)c1ccccc1. The molecule has 4 aromatic rings. The lowest BCUT2D eigenvalue weighted by Gasteiger charge is -2.07. The molecule has 0 N–H and O–H groups in total. The fraction of sp³-hybridized carbons (Fsp3) is 0.130. The van der Waals surface area contributed by atoms with Gasteiger partial charge in [-0.1, -0.05) is 24.3 Å². The van der Waals surface area contributed by atoms with E-state index in [0.717, 1.165) is 15.8 Å². The molecule has 0 spiro atoms. The first-order valence-electron chi connectivity index (χ1n) is 9.40. The number of ether oxygens (including phenoxy) is 2. The van der Waals surface area contributed by atoms with Crippen molar-refractivity contribution >= 4 is 38.2 Å². The molecule has 0 radical (unpaired) electrons. The van der Waals surface area contributed by atoms with Gasteiger partial charge in [-0.15, -0.1) is 11.3 Å². The number of esters is 1. The Bertz CT molecular complexity index is 1190. The molecule has 2 aromatic heterocycles. The number of benzene rings is 2. The Kier molecular flexibility index (Phi) is 6.21. The molecule has 0 saturated heterocycles. The molecule has 7 heteroatoms. The maximum Gasteiger partial charge on any atom is 0.349 e. The van der Waals surface area contributed by atoms with Crippen LogP contribution in [0.5, 0.6) is 5.75 Å². The minimum absolute atomic E-state index is 0.253. The summed E-state index contributed by atoms with van der Waals surface area (Å²) in [6.07, 6.45) is 1.72. The molecule has 0 saturated carbocycles. The van der Waals surface area contributed by atoms with Gasteiger partial charge in [-0.3, -0.25) is 4.98 Å². The van der Waals surface area contributed by atoms with Crippen LogP contribution in [0.1, 0.15) is 22.3 Å². The maximum absolute atomic E-state index is 13.3. The summed E-state index contributed by atoms with van der Waals surface area (Å²) in [5, 5.41) is 0.760. The molecule has 2 aromatic carbocycles. The number of pyridine rings is 1. The number of nitrogens with zero attached hydrogens (tertiary/aromatic N) is 1. The molecule has 0 bridgehead atoms. The normalized spacial score (nSPS) is 11.9. The van der Waals surface area contributed by atoms with Crippen LogP contribution in [0.4, 0.5) is 0 Å². The zero-order valence-electron chi connectivity index (χ0n) is 16.2. The second-order valence-corrected chi connectivity index (χ2v) is 8.80. The lowest BCUT2D eigenvalue weighted by atomic mass is 10.2. The smallest absolute Gasteiger partial charge is 0.349 e. The van der Waals surface area contributed by atoms with Crippen LogP contribution < -0.4 is 4.74 Å². The Balaban J connectivity index is 1.72. The van der Waals surface area contributed by atoms with Crippen molar-refractivity contribution in [1.82, 2.24) is 4.98 Å². The highest BCUT2D eigenvalue weighted by molar-refractivity contribution is 7.85. The predicted molar refractivity (Wildman–Crippen MR) is 117 cm³/mol. The van der Waals surface area contributed by atoms with E-state index in [-0.39, 0.29) is 6.61 Å². The van der Waals surface area contributed by atoms with Crippen molar-refractivity contribution in [3.63, 3.8) is 0 Å². The summed E-state index contributed by atoms with van der Waals surface area (Å²) in [5.41, 5.74) is 0.821. The number of rotatable bonds is 7. The van der Waals surface area contributed by atoms with E-state index in [1.807, 2.05) is 54.6 Å². The van der Waals surface area contributed by atoms with Gasteiger partial charge in [0.05, 0.1) is 28.0 Å². The fourth-order valence-corrected chi connectivity index (χ4v) is 5.67. The van der Waals surface area contributed by atoms with Crippen LogP contribution in [0.2, 0.25) is 0 Å². The molecule has 0 aliphatic heterocycles. The summed E-state index contributed by atoms with van der Waals surface area (Å²) in [6, 6.07) is 20.3. The Morgan fingerprint density at radius 3 is 2.60 bits per heavy atom. The van der Waals surface area contributed by atoms with Gasteiger partial charge in [0.2, 0.25) is 0 Å². The van der Waals surface area contributed by atoms with Crippen molar-refractivity contribution in [3.8, 4) is 5.75 Å². The molecule has 152 valence electrons. The molecule has 0 aliphatic carbocycles. The van der Waals surface area contributed by atoms with Crippen LogP contribution in [-0.2, 0) is 22.1 Å². The van der Waals surface area contributed by atoms with Gasteiger partial charge in [-0.05, 0) is 49.4 Å². The Morgan fingerprint density at radius 1 is 1.07 bits per heavy atom. The van der Waals surface area contributed by atoms with Crippen LogP contribution >= 0.6 is 11.3 Å². The van der Waals surface area contributed by atoms with Crippen molar-refractivity contribution in [1.29, 1.82) is 0 Å². The summed E-state index contributed by atoms with van der Waals surface area (Å²) in [4.78, 5) is 18.3. The average Bonchev–Trinajstić information content (AvgIpc) is 3.17. The number of thiophene rings is 1. The van der Waals surface area contributed by atoms with Crippen molar-refractivity contribution < 1.29 is 18.5 Å². The van der Waals surface area contributed by atoms with E-state index in [1.165, 1.54) is 11.3 Å². The lowest BCUT2D eigenvalue weighted by molar-refractivity contribution is 0.0528. The highest BCUT2D eigenvalue weighted by Crippen LogP contribution is 2.38. The number of carbonyl (C=O) groups excluding carboxylic acids is 1. The van der Waals surface area contributed by atoms with Crippen molar-refractivity contribution in [2.24, 2.45) is 0 Å². The van der Waals surface area contributed by atoms with Crippen molar-refractivity contribution in [2.75, 3.05) is 6.61 Å². The van der Waals surface area contributed by atoms with Gasteiger partial charge in [-0.25, -0.2) is 9.00 Å². The number of hydrogen-bond donors (Lipinski definition) is 0. The Morgan fingerprint density at radius 2 is 1.87 bits per heavy atom. The summed E-state index contributed by atoms with van der Waals surface area (Å²) in [6.45, 7) is 2.34. The quantitative estimate of drug-likeness (QED) is 0.371. The van der Waals surface area contributed by atoms with E-state index in [0.29, 0.717) is 27.0 Å². The monoisotopic (exact) mass is 437 g/mol. The van der Waals surface area contributed by atoms with Crippen LogP contribution in [0.15, 0.2) is 82.7 Å². The first-order valence-corrected chi connectivity index (χ1v) is 11.4. The standard InChI is InChI=1S/C23H19NO4S2/c1-2-27-23(25)21-22(30(26)18-9-4-3-5-10-18)19-12-11-17(14-20(19)29-21)28-15-16-8-6-7-13-24-16/h3-14H,2,15H2,1H3. The van der Waals surface area contributed by atoms with Gasteiger partial charge in [0.15, 0.2) is 0 Å². The van der Waals surface area contributed by atoms with E-state index in [2.05, 4.69) is 4.98 Å². The molecule has 0 fully saturated rings. The number of aromatic nitrogens is 1. The van der Waals surface area contributed by atoms with Gasteiger partial charge >= 0.3 is 5.97 Å². The molecule has 5 nitrogen and oxygen atoms in total. The summed E-state index contributed by atoms with van der Waals surface area (Å²) in [7, 11) is -1.51. The average molecular weight is 438 g/mol. The molecule has 1 unspecified atom stereocenters. The first kappa shape index (κ1) is 20.3. The third-order valence-electron chi connectivity index (χ3n) is 4.33. The second kappa shape index (κ2) is 9.19. The fourth-order valence-electron chi connectivity index (χ4n) is 2.96. The molecule has 0 aliphatic rings. The number of hydrogen-bond acceptors (Lipinski definition) is 6. The summed E-state index contributed by atoms with van der Waals surface area (Å²) in [5.74, 6) is 0.191. The molecular weight excluding hydrogens is 418 g/mol. The van der Waals surface area contributed by atoms with Gasteiger partial charge < -0.3 is 9.47 Å². The van der Waals surface area contributed by atoms with E-state index in [1.54, 1.807) is 25.3 Å². The minimum Gasteiger partial charge on any atom is -0.487 e. The van der Waals surface area contributed by atoms with Gasteiger partial charge in [0, 0.05) is 21.2 Å². The summed E-state index contributed by atoms with van der Waals surface area (Å²) < 4.78 is 25.2. The minimum atomic E-state index is -1.51. The third kappa shape index (κ3) is 4.27. The molecule has 30 heavy (non-hydrogen) atoms. The molecule has 1 atom stereocenters. The van der Waals surface area contributed by atoms with Gasteiger partial charge in [0.25, 0.3) is 0 Å². The third-order valence-corrected chi connectivity index (χ3v) is 7.09. The number of fused-ring (bicyclic) bond motifs is 1. The van der Waals surface area contributed by atoms with Gasteiger partial charge in [0.1, 0.15) is 17.2 Å². The molecular formula is C23H19NO4S2. The highest BCUT2D eigenvalue weighted by atomic mass is 32.2.